The molecule has 11 heteroatoms. The van der Waals surface area contributed by atoms with Gasteiger partial charge in [0, 0.05) is 27.7 Å². The molecular formula is C21H21Cl2N3O6. The lowest BCUT2D eigenvalue weighted by Gasteiger charge is -2.21. The third kappa shape index (κ3) is 6.66. The first-order chi connectivity index (χ1) is 15.0. The fourth-order valence-electron chi connectivity index (χ4n) is 2.69. The van der Waals surface area contributed by atoms with Crippen molar-refractivity contribution in [3.63, 3.8) is 0 Å². The van der Waals surface area contributed by atoms with Gasteiger partial charge in [-0.25, -0.2) is 4.79 Å². The maximum Gasteiger partial charge on any atom is 0.329 e. The number of carbonyl (C=O) groups excluding carboxylic acids is 3. The minimum Gasteiger partial charge on any atom is -0.451 e. The van der Waals surface area contributed by atoms with E-state index < -0.39 is 40.9 Å². The second-order valence-corrected chi connectivity index (χ2v) is 7.82. The van der Waals surface area contributed by atoms with Gasteiger partial charge in [-0.2, -0.15) is 0 Å². The maximum absolute atomic E-state index is 12.4. The molecule has 0 bridgehead atoms. The van der Waals surface area contributed by atoms with E-state index in [1.807, 2.05) is 0 Å². The molecule has 2 amide bonds. The Balaban J connectivity index is 1.92. The number of esters is 1. The number of carbonyl (C=O) groups is 3. The summed E-state index contributed by atoms with van der Waals surface area (Å²) in [4.78, 5) is 47.2. The van der Waals surface area contributed by atoms with E-state index >= 15 is 0 Å². The summed E-state index contributed by atoms with van der Waals surface area (Å²) in [6.45, 7) is 4.47. The maximum atomic E-state index is 12.4. The number of nitro benzene ring substituents is 1. The third-order valence-electron chi connectivity index (χ3n) is 4.47. The van der Waals surface area contributed by atoms with Crippen molar-refractivity contribution in [2.24, 2.45) is 0 Å². The molecule has 0 heterocycles. The van der Waals surface area contributed by atoms with Crippen molar-refractivity contribution in [3.8, 4) is 0 Å². The summed E-state index contributed by atoms with van der Waals surface area (Å²) >= 11 is 12.0. The molecule has 32 heavy (non-hydrogen) atoms. The molecule has 2 aromatic rings. The third-order valence-corrected chi connectivity index (χ3v) is 5.03. The Morgan fingerprint density at radius 2 is 1.72 bits per heavy atom. The monoisotopic (exact) mass is 481 g/mol. The zero-order valence-electron chi connectivity index (χ0n) is 17.4. The average Bonchev–Trinajstić information content (AvgIpc) is 2.73. The molecule has 0 aromatic heterocycles. The van der Waals surface area contributed by atoms with Gasteiger partial charge in [0.25, 0.3) is 17.5 Å². The number of nitrogens with one attached hydrogen (secondary N) is 2. The van der Waals surface area contributed by atoms with E-state index in [4.69, 9.17) is 27.9 Å². The van der Waals surface area contributed by atoms with E-state index in [9.17, 15) is 24.5 Å². The fraction of sp³-hybridized carbons (Fsp3) is 0.286. The SMILES string of the molecule is CC(NC(=O)c1cccc([N+](=O)[O-])c1)C(=O)OC(C)C(=O)NC(C)c1ccc(Cl)cc1Cl. The van der Waals surface area contributed by atoms with Crippen LogP contribution in [-0.4, -0.2) is 34.9 Å². The molecule has 9 nitrogen and oxygen atoms in total. The highest BCUT2D eigenvalue weighted by molar-refractivity contribution is 6.35. The zero-order valence-corrected chi connectivity index (χ0v) is 18.9. The van der Waals surface area contributed by atoms with E-state index in [2.05, 4.69) is 10.6 Å². The molecule has 0 fully saturated rings. The van der Waals surface area contributed by atoms with Gasteiger partial charge in [-0.05, 0) is 44.5 Å². The van der Waals surface area contributed by atoms with Gasteiger partial charge in [0.2, 0.25) is 0 Å². The van der Waals surface area contributed by atoms with Crippen LogP contribution in [0, 0.1) is 10.1 Å². The van der Waals surface area contributed by atoms with Crippen LogP contribution in [-0.2, 0) is 14.3 Å². The lowest BCUT2D eigenvalue weighted by molar-refractivity contribution is -0.384. The fourth-order valence-corrected chi connectivity index (χ4v) is 3.26. The van der Waals surface area contributed by atoms with Crippen LogP contribution in [0.15, 0.2) is 42.5 Å². The summed E-state index contributed by atoms with van der Waals surface area (Å²) in [5.74, 6) is -2.10. The Labute approximate surface area is 194 Å². The van der Waals surface area contributed by atoms with E-state index in [0.29, 0.717) is 15.6 Å². The van der Waals surface area contributed by atoms with Crippen molar-refractivity contribution in [2.45, 2.75) is 39.0 Å². The van der Waals surface area contributed by atoms with E-state index in [0.717, 1.165) is 6.07 Å². The van der Waals surface area contributed by atoms with E-state index in [1.54, 1.807) is 25.1 Å². The highest BCUT2D eigenvalue weighted by atomic mass is 35.5. The first-order valence-corrected chi connectivity index (χ1v) is 10.3. The molecule has 0 aliphatic heterocycles. The zero-order chi connectivity index (χ0) is 24.0. The molecule has 0 radical (unpaired) electrons. The smallest absolute Gasteiger partial charge is 0.329 e. The summed E-state index contributed by atoms with van der Waals surface area (Å²) in [7, 11) is 0. The van der Waals surface area contributed by atoms with Crippen LogP contribution in [0.25, 0.3) is 0 Å². The molecular weight excluding hydrogens is 461 g/mol. The Morgan fingerprint density at radius 3 is 2.34 bits per heavy atom. The minimum atomic E-state index is -1.15. The van der Waals surface area contributed by atoms with Gasteiger partial charge in [0.1, 0.15) is 6.04 Å². The summed E-state index contributed by atoms with van der Waals surface area (Å²) in [5.41, 5.74) is 0.395. The first-order valence-electron chi connectivity index (χ1n) is 9.50. The van der Waals surface area contributed by atoms with E-state index in [-0.39, 0.29) is 11.3 Å². The van der Waals surface area contributed by atoms with Crippen LogP contribution < -0.4 is 10.6 Å². The molecule has 2 N–H and O–H groups in total. The highest BCUT2D eigenvalue weighted by Crippen LogP contribution is 2.26. The number of hydrogen-bond acceptors (Lipinski definition) is 6. The number of ether oxygens (including phenoxy) is 1. The van der Waals surface area contributed by atoms with Crippen LogP contribution in [0.3, 0.4) is 0 Å². The number of hydrogen-bond donors (Lipinski definition) is 2. The van der Waals surface area contributed by atoms with Gasteiger partial charge >= 0.3 is 5.97 Å². The molecule has 3 unspecified atom stereocenters. The van der Waals surface area contributed by atoms with Gasteiger partial charge in [-0.3, -0.25) is 19.7 Å². The van der Waals surface area contributed by atoms with Crippen molar-refractivity contribution < 1.29 is 24.0 Å². The van der Waals surface area contributed by atoms with Gasteiger partial charge in [0.15, 0.2) is 6.10 Å². The number of halogens is 2. The second kappa shape index (κ2) is 10.9. The number of rotatable bonds is 8. The van der Waals surface area contributed by atoms with Crippen molar-refractivity contribution in [1.82, 2.24) is 10.6 Å². The Bertz CT molecular complexity index is 1050. The van der Waals surface area contributed by atoms with Crippen molar-refractivity contribution >= 4 is 46.7 Å². The predicted octanol–water partition coefficient (Wildman–Crippen LogP) is 3.83. The van der Waals surface area contributed by atoms with Gasteiger partial charge in [0.05, 0.1) is 11.0 Å². The summed E-state index contributed by atoms with van der Waals surface area (Å²) < 4.78 is 5.13. The number of non-ortho nitro benzene ring substituents is 1. The molecule has 2 rings (SSSR count). The van der Waals surface area contributed by atoms with Crippen LogP contribution in [0.2, 0.25) is 10.0 Å². The summed E-state index contributed by atoms with van der Waals surface area (Å²) in [6.07, 6.45) is -1.15. The largest absolute Gasteiger partial charge is 0.451 e. The molecule has 0 saturated carbocycles. The Hall–Kier alpha value is -3.17. The van der Waals surface area contributed by atoms with Crippen molar-refractivity contribution in [2.75, 3.05) is 0 Å². The Kier molecular flexibility index (Phi) is 8.56. The number of amides is 2. The molecule has 0 saturated heterocycles. The number of benzene rings is 2. The van der Waals surface area contributed by atoms with Gasteiger partial charge in [-0.1, -0.05) is 35.3 Å². The average molecular weight is 482 g/mol. The quantitative estimate of drug-likeness (QED) is 0.335. The topological polar surface area (TPSA) is 128 Å². The van der Waals surface area contributed by atoms with Gasteiger partial charge < -0.3 is 15.4 Å². The molecule has 0 spiro atoms. The Morgan fingerprint density at radius 1 is 1.03 bits per heavy atom. The van der Waals surface area contributed by atoms with Crippen LogP contribution in [0.4, 0.5) is 5.69 Å². The standard InChI is InChI=1S/C21H21Cl2N3O6/c1-11(17-8-7-15(22)10-18(17)23)24-19(27)13(3)32-21(29)12(2)25-20(28)14-5-4-6-16(9-14)26(30)31/h4-13H,1-3H3,(H,24,27)(H,25,28). The van der Waals surface area contributed by atoms with Gasteiger partial charge in [-0.15, -0.1) is 0 Å². The van der Waals surface area contributed by atoms with Crippen molar-refractivity contribution in [1.29, 1.82) is 0 Å². The van der Waals surface area contributed by atoms with E-state index in [1.165, 1.54) is 32.0 Å². The summed E-state index contributed by atoms with van der Waals surface area (Å²) in [5, 5.41) is 16.8. The first kappa shape index (κ1) is 25.1. The molecule has 0 aliphatic rings. The number of nitro groups is 1. The van der Waals surface area contributed by atoms with Crippen LogP contribution in [0.1, 0.15) is 42.7 Å². The minimum absolute atomic E-state index is 0.0123. The summed E-state index contributed by atoms with van der Waals surface area (Å²) in [6, 6.07) is 8.37. The predicted molar refractivity (Wildman–Crippen MR) is 119 cm³/mol. The van der Waals surface area contributed by atoms with Crippen LogP contribution >= 0.6 is 23.2 Å². The lowest BCUT2D eigenvalue weighted by Crippen LogP contribution is -2.43. The second-order valence-electron chi connectivity index (χ2n) is 6.98. The lowest BCUT2D eigenvalue weighted by atomic mass is 10.1. The highest BCUT2D eigenvalue weighted by Gasteiger charge is 2.25. The van der Waals surface area contributed by atoms with Crippen molar-refractivity contribution in [3.05, 3.63) is 73.8 Å². The molecule has 170 valence electrons. The number of nitrogens with zero attached hydrogens (tertiary/aromatic N) is 1. The van der Waals surface area contributed by atoms with Crippen LogP contribution in [0.5, 0.6) is 0 Å². The molecule has 3 atom stereocenters. The normalized spacial score (nSPS) is 13.4. The molecule has 0 aliphatic carbocycles. The molecule has 2 aromatic carbocycles.